The van der Waals surface area contributed by atoms with Crippen LogP contribution >= 0.6 is 0 Å². The summed E-state index contributed by atoms with van der Waals surface area (Å²) in [5.74, 6) is -2.86. The molecule has 0 saturated heterocycles. The number of carbonyl (C=O) groups excluding carboxylic acids is 3. The van der Waals surface area contributed by atoms with Crippen LogP contribution in [0.2, 0.25) is 0 Å². The molecule has 0 unspecified atom stereocenters. The molecule has 0 aliphatic heterocycles. The maximum atomic E-state index is 12.1. The van der Waals surface area contributed by atoms with E-state index >= 15 is 0 Å². The lowest BCUT2D eigenvalue weighted by molar-refractivity contribution is -0.304. The standard InChI is InChI=1S/C17H18N2O7/c1-8-3-11(20)16-9(2)10(17(25)26-12(16)4-8)5-13(21)18-6-14(22)19-7-15(23)24/h3-4,20H,5-7H2,1-2H3,(H,18,21)(H,19,22)(H,23,24)/p-1. The van der Waals surface area contributed by atoms with E-state index in [0.29, 0.717) is 16.5 Å². The zero-order valence-corrected chi connectivity index (χ0v) is 14.2. The van der Waals surface area contributed by atoms with E-state index in [1.807, 2.05) is 5.32 Å². The van der Waals surface area contributed by atoms with Crippen molar-refractivity contribution >= 4 is 28.8 Å². The highest BCUT2D eigenvalue weighted by Gasteiger charge is 2.17. The second-order valence-corrected chi connectivity index (χ2v) is 5.75. The first kappa shape index (κ1) is 19.0. The minimum absolute atomic E-state index is 0.0595. The van der Waals surface area contributed by atoms with Crippen molar-refractivity contribution in [3.8, 4) is 5.75 Å². The number of aryl methyl sites for hydroxylation is 2. The minimum Gasteiger partial charge on any atom is -0.548 e. The summed E-state index contributed by atoms with van der Waals surface area (Å²) in [5.41, 5.74) is 0.688. The fraction of sp³-hybridized carbons (Fsp3) is 0.294. The van der Waals surface area contributed by atoms with Crippen LogP contribution in [0.25, 0.3) is 11.0 Å². The van der Waals surface area contributed by atoms with Gasteiger partial charge >= 0.3 is 5.63 Å². The molecule has 2 rings (SSSR count). The maximum absolute atomic E-state index is 12.1. The van der Waals surface area contributed by atoms with Crippen LogP contribution < -0.4 is 21.4 Å². The van der Waals surface area contributed by atoms with E-state index in [9.17, 15) is 29.4 Å². The summed E-state index contributed by atoms with van der Waals surface area (Å²) in [6.07, 6.45) is -0.356. The number of carboxylic acid groups (broad SMARTS) is 1. The molecular weight excluding hydrogens is 344 g/mol. The average Bonchev–Trinajstić information content (AvgIpc) is 2.53. The van der Waals surface area contributed by atoms with Crippen LogP contribution in [0, 0.1) is 13.8 Å². The highest BCUT2D eigenvalue weighted by molar-refractivity contribution is 5.90. The first-order valence-corrected chi connectivity index (χ1v) is 7.68. The van der Waals surface area contributed by atoms with Gasteiger partial charge in [0, 0.05) is 0 Å². The van der Waals surface area contributed by atoms with Gasteiger partial charge in [-0.15, -0.1) is 0 Å². The van der Waals surface area contributed by atoms with Gasteiger partial charge in [0.05, 0.1) is 36.4 Å². The molecule has 0 fully saturated rings. The molecule has 1 heterocycles. The number of amides is 2. The van der Waals surface area contributed by atoms with Gasteiger partial charge in [-0.2, -0.15) is 0 Å². The number of carbonyl (C=O) groups is 3. The van der Waals surface area contributed by atoms with Crippen LogP contribution in [0.3, 0.4) is 0 Å². The van der Waals surface area contributed by atoms with Crippen molar-refractivity contribution in [3.05, 3.63) is 39.2 Å². The zero-order valence-electron chi connectivity index (χ0n) is 14.2. The normalized spacial score (nSPS) is 10.5. The van der Waals surface area contributed by atoms with Crippen molar-refractivity contribution in [2.45, 2.75) is 20.3 Å². The predicted octanol–water partition coefficient (Wildman–Crippen LogP) is -1.36. The van der Waals surface area contributed by atoms with Gasteiger partial charge in [-0.05, 0) is 37.1 Å². The Kier molecular flexibility index (Phi) is 5.61. The maximum Gasteiger partial charge on any atom is 0.340 e. The summed E-state index contributed by atoms with van der Waals surface area (Å²) in [6.45, 7) is 2.21. The fourth-order valence-electron chi connectivity index (χ4n) is 2.50. The smallest absolute Gasteiger partial charge is 0.340 e. The third kappa shape index (κ3) is 4.38. The molecule has 1 aromatic heterocycles. The van der Waals surface area contributed by atoms with Gasteiger partial charge in [-0.25, -0.2) is 4.79 Å². The van der Waals surface area contributed by atoms with Crippen LogP contribution in [0.5, 0.6) is 5.75 Å². The lowest BCUT2D eigenvalue weighted by Gasteiger charge is -2.10. The Bertz CT molecular complexity index is 946. The molecule has 0 spiro atoms. The van der Waals surface area contributed by atoms with Crippen molar-refractivity contribution in [3.63, 3.8) is 0 Å². The van der Waals surface area contributed by atoms with E-state index in [1.165, 1.54) is 6.07 Å². The molecule has 0 radical (unpaired) electrons. The molecule has 3 N–H and O–H groups in total. The van der Waals surface area contributed by atoms with Crippen LogP contribution in [-0.4, -0.2) is 36.0 Å². The summed E-state index contributed by atoms with van der Waals surface area (Å²) in [4.78, 5) is 45.7. The topological polar surface area (TPSA) is 149 Å². The summed E-state index contributed by atoms with van der Waals surface area (Å²) in [5, 5.41) is 25.0. The number of nitrogens with one attached hydrogen (secondary N) is 2. The summed E-state index contributed by atoms with van der Waals surface area (Å²) < 4.78 is 5.18. The molecule has 0 aliphatic carbocycles. The molecule has 2 aromatic rings. The second-order valence-electron chi connectivity index (χ2n) is 5.75. The van der Waals surface area contributed by atoms with Crippen LogP contribution in [-0.2, 0) is 20.8 Å². The molecule has 0 bridgehead atoms. The Morgan fingerprint density at radius 1 is 1.12 bits per heavy atom. The zero-order chi connectivity index (χ0) is 19.4. The average molecular weight is 361 g/mol. The van der Waals surface area contributed by atoms with E-state index in [4.69, 9.17) is 4.42 Å². The third-order valence-corrected chi connectivity index (χ3v) is 3.72. The van der Waals surface area contributed by atoms with Crippen molar-refractivity contribution in [2.75, 3.05) is 13.1 Å². The lowest BCUT2D eigenvalue weighted by Crippen LogP contribution is -2.43. The molecule has 138 valence electrons. The number of hydrogen-bond donors (Lipinski definition) is 3. The molecule has 0 atom stereocenters. The number of rotatable bonds is 6. The number of aromatic hydroxyl groups is 1. The molecule has 9 heteroatoms. The highest BCUT2D eigenvalue weighted by atomic mass is 16.4. The van der Waals surface area contributed by atoms with Crippen LogP contribution in [0.1, 0.15) is 16.7 Å². The first-order chi connectivity index (χ1) is 12.2. The minimum atomic E-state index is -1.45. The van der Waals surface area contributed by atoms with Gasteiger partial charge in [0.25, 0.3) is 0 Å². The number of hydrogen-bond acceptors (Lipinski definition) is 7. The lowest BCUT2D eigenvalue weighted by atomic mass is 10.0. The van der Waals surface area contributed by atoms with Crippen molar-refractivity contribution in [2.24, 2.45) is 0 Å². The van der Waals surface area contributed by atoms with Gasteiger partial charge in [0.1, 0.15) is 11.3 Å². The van der Waals surface area contributed by atoms with Crippen LogP contribution in [0.15, 0.2) is 21.3 Å². The monoisotopic (exact) mass is 361 g/mol. The molecule has 0 saturated carbocycles. The SMILES string of the molecule is Cc1cc(O)c2c(C)c(CC(=O)NCC(=O)NCC(=O)[O-])c(=O)oc2c1. The van der Waals surface area contributed by atoms with E-state index in [2.05, 4.69) is 5.32 Å². The van der Waals surface area contributed by atoms with Crippen molar-refractivity contribution in [1.29, 1.82) is 0 Å². The van der Waals surface area contributed by atoms with Gasteiger partial charge < -0.3 is 30.1 Å². The molecular formula is C17H17N2O7-. The van der Waals surface area contributed by atoms with Crippen molar-refractivity contribution in [1.82, 2.24) is 10.6 Å². The molecule has 1 aromatic carbocycles. The first-order valence-electron chi connectivity index (χ1n) is 7.68. The molecule has 0 aliphatic rings. The van der Waals surface area contributed by atoms with Crippen molar-refractivity contribution < 1.29 is 29.0 Å². The Morgan fingerprint density at radius 2 is 1.77 bits per heavy atom. The van der Waals surface area contributed by atoms with E-state index in [1.54, 1.807) is 19.9 Å². The van der Waals surface area contributed by atoms with Crippen LogP contribution in [0.4, 0.5) is 0 Å². The van der Waals surface area contributed by atoms with E-state index in [0.717, 1.165) is 0 Å². The molecule has 9 nitrogen and oxygen atoms in total. The van der Waals surface area contributed by atoms with Gasteiger partial charge in [-0.1, -0.05) is 0 Å². The predicted molar refractivity (Wildman–Crippen MR) is 88.4 cm³/mol. The Labute approximate surface area is 147 Å². The number of carboxylic acids is 1. The third-order valence-electron chi connectivity index (χ3n) is 3.72. The van der Waals surface area contributed by atoms with Gasteiger partial charge in [-0.3, -0.25) is 9.59 Å². The summed E-state index contributed by atoms with van der Waals surface area (Å²) in [6, 6.07) is 3.12. The number of benzene rings is 1. The van der Waals surface area contributed by atoms with E-state index < -0.39 is 36.5 Å². The Morgan fingerprint density at radius 3 is 2.42 bits per heavy atom. The van der Waals surface area contributed by atoms with E-state index in [-0.39, 0.29) is 23.3 Å². The second kappa shape index (κ2) is 7.68. The summed E-state index contributed by atoms with van der Waals surface area (Å²) >= 11 is 0. The number of aliphatic carboxylic acids is 1. The fourth-order valence-corrected chi connectivity index (χ4v) is 2.50. The van der Waals surface area contributed by atoms with Gasteiger partial charge in [0.2, 0.25) is 11.8 Å². The molecule has 2 amide bonds. The Hall–Kier alpha value is -3.36. The quantitative estimate of drug-likeness (QED) is 0.538. The van der Waals surface area contributed by atoms with Gasteiger partial charge in [0.15, 0.2) is 0 Å². The summed E-state index contributed by atoms with van der Waals surface area (Å²) in [7, 11) is 0. The number of phenolic OH excluding ortho intramolecular Hbond substituents is 1. The Balaban J connectivity index is 2.15. The number of fused-ring (bicyclic) bond motifs is 1. The highest BCUT2D eigenvalue weighted by Crippen LogP contribution is 2.29. The largest absolute Gasteiger partial charge is 0.548 e. The number of phenols is 1. The molecule has 26 heavy (non-hydrogen) atoms.